The average molecular weight is 255 g/mol. The molecule has 0 saturated carbocycles. The summed E-state index contributed by atoms with van der Waals surface area (Å²) in [7, 11) is 2.12. The lowest BCUT2D eigenvalue weighted by atomic mass is 9.95. The van der Waals surface area contributed by atoms with Crippen LogP contribution in [0, 0.1) is 5.92 Å². The molecule has 3 atom stereocenters. The van der Waals surface area contributed by atoms with Crippen LogP contribution in [-0.2, 0) is 4.79 Å². The smallest absolute Gasteiger partial charge is 0.224 e. The Morgan fingerprint density at radius 1 is 1.50 bits per heavy atom. The number of likely N-dealkylation sites (N-methyl/N-ethyl adjacent to an activating group) is 1. The molecule has 106 valence electrons. The topological polar surface area (TPSA) is 44.4 Å². The van der Waals surface area contributed by atoms with Crippen LogP contribution in [0.25, 0.3) is 0 Å². The number of nitrogens with one attached hydrogen (secondary N) is 2. The highest BCUT2D eigenvalue weighted by Gasteiger charge is 2.23. The molecule has 0 radical (unpaired) electrons. The highest BCUT2D eigenvalue weighted by molar-refractivity contribution is 5.78. The first-order valence-electron chi connectivity index (χ1n) is 7.26. The maximum atomic E-state index is 12.0. The summed E-state index contributed by atoms with van der Waals surface area (Å²) >= 11 is 0. The van der Waals surface area contributed by atoms with Crippen molar-refractivity contribution in [2.75, 3.05) is 26.7 Å². The normalized spacial score (nSPS) is 26.1. The number of amides is 1. The molecule has 2 N–H and O–H groups in total. The van der Waals surface area contributed by atoms with Gasteiger partial charge in [-0.15, -0.1) is 0 Å². The average Bonchev–Trinajstić information content (AvgIpc) is 2.38. The lowest BCUT2D eigenvalue weighted by molar-refractivity contribution is -0.125. The molecule has 4 nitrogen and oxygen atoms in total. The minimum atomic E-state index is 0.162. The van der Waals surface area contributed by atoms with Crippen LogP contribution < -0.4 is 10.6 Å². The first-order chi connectivity index (χ1) is 8.54. The molecule has 1 amide bonds. The zero-order valence-corrected chi connectivity index (χ0v) is 12.3. The van der Waals surface area contributed by atoms with Crippen LogP contribution in [0.4, 0.5) is 0 Å². The molecule has 3 unspecified atom stereocenters. The minimum Gasteiger partial charge on any atom is -0.355 e. The zero-order chi connectivity index (χ0) is 13.5. The largest absolute Gasteiger partial charge is 0.355 e. The van der Waals surface area contributed by atoms with Gasteiger partial charge in [-0.1, -0.05) is 6.92 Å². The molecule has 1 rings (SSSR count). The number of rotatable bonds is 6. The van der Waals surface area contributed by atoms with Crippen molar-refractivity contribution >= 4 is 5.91 Å². The van der Waals surface area contributed by atoms with Gasteiger partial charge in [-0.3, -0.25) is 4.79 Å². The Hall–Kier alpha value is -0.610. The lowest BCUT2D eigenvalue weighted by Gasteiger charge is -2.27. The monoisotopic (exact) mass is 255 g/mol. The number of hydrogen-bond acceptors (Lipinski definition) is 3. The lowest BCUT2D eigenvalue weighted by Crippen LogP contribution is -2.45. The van der Waals surface area contributed by atoms with Gasteiger partial charge in [-0.05, 0) is 40.2 Å². The molecule has 0 aromatic carbocycles. The van der Waals surface area contributed by atoms with Gasteiger partial charge in [0.2, 0.25) is 5.91 Å². The number of hydrogen-bond donors (Lipinski definition) is 2. The SMILES string of the molecule is CCC(C)N(C)CCNC(=O)C1CCC(C)NC1. The summed E-state index contributed by atoms with van der Waals surface area (Å²) in [5.41, 5.74) is 0. The Labute approximate surface area is 111 Å². The maximum absolute atomic E-state index is 12.0. The van der Waals surface area contributed by atoms with E-state index in [4.69, 9.17) is 0 Å². The second kappa shape index (κ2) is 7.74. The van der Waals surface area contributed by atoms with E-state index in [0.717, 1.165) is 38.9 Å². The number of piperidine rings is 1. The van der Waals surface area contributed by atoms with Gasteiger partial charge in [-0.2, -0.15) is 0 Å². The molecule has 0 aromatic rings. The van der Waals surface area contributed by atoms with Crippen molar-refractivity contribution in [3.8, 4) is 0 Å². The van der Waals surface area contributed by atoms with Crippen molar-refractivity contribution in [1.82, 2.24) is 15.5 Å². The molecule has 0 spiro atoms. The zero-order valence-electron chi connectivity index (χ0n) is 12.3. The Kier molecular flexibility index (Phi) is 6.65. The Morgan fingerprint density at radius 3 is 2.78 bits per heavy atom. The van der Waals surface area contributed by atoms with E-state index in [1.807, 2.05) is 0 Å². The van der Waals surface area contributed by atoms with Crippen LogP contribution in [-0.4, -0.2) is 49.6 Å². The molecular weight excluding hydrogens is 226 g/mol. The molecule has 1 fully saturated rings. The van der Waals surface area contributed by atoms with Crippen molar-refractivity contribution < 1.29 is 4.79 Å². The van der Waals surface area contributed by atoms with Gasteiger partial charge in [0.05, 0.1) is 5.92 Å². The summed E-state index contributed by atoms with van der Waals surface area (Å²) in [6.07, 6.45) is 3.26. The van der Waals surface area contributed by atoms with Crippen LogP contribution >= 0.6 is 0 Å². The molecule has 18 heavy (non-hydrogen) atoms. The van der Waals surface area contributed by atoms with Gasteiger partial charge in [0, 0.05) is 31.7 Å². The quantitative estimate of drug-likeness (QED) is 0.750. The van der Waals surface area contributed by atoms with E-state index in [0.29, 0.717) is 12.1 Å². The standard InChI is InChI=1S/C14H29N3O/c1-5-12(3)17(4)9-8-15-14(18)13-7-6-11(2)16-10-13/h11-13,16H,5-10H2,1-4H3,(H,15,18). The Bertz CT molecular complexity index is 249. The summed E-state index contributed by atoms with van der Waals surface area (Å²) in [4.78, 5) is 14.2. The van der Waals surface area contributed by atoms with Gasteiger partial charge < -0.3 is 15.5 Å². The minimum absolute atomic E-state index is 0.162. The number of carbonyl (C=O) groups excluding carboxylic acids is 1. The van der Waals surface area contributed by atoms with Crippen molar-refractivity contribution in [1.29, 1.82) is 0 Å². The van der Waals surface area contributed by atoms with Crippen molar-refractivity contribution in [3.05, 3.63) is 0 Å². The molecule has 0 aliphatic carbocycles. The van der Waals surface area contributed by atoms with E-state index in [1.54, 1.807) is 0 Å². The van der Waals surface area contributed by atoms with Crippen LogP contribution in [0.5, 0.6) is 0 Å². The fourth-order valence-electron chi connectivity index (χ4n) is 2.25. The molecule has 0 bridgehead atoms. The summed E-state index contributed by atoms with van der Waals surface area (Å²) in [5.74, 6) is 0.377. The third kappa shape index (κ3) is 4.94. The fraction of sp³-hybridized carbons (Fsp3) is 0.929. The van der Waals surface area contributed by atoms with Crippen molar-refractivity contribution in [2.24, 2.45) is 5.92 Å². The Balaban J connectivity index is 2.17. The summed E-state index contributed by atoms with van der Waals surface area (Å²) < 4.78 is 0. The van der Waals surface area contributed by atoms with Gasteiger partial charge in [-0.25, -0.2) is 0 Å². The molecule has 4 heteroatoms. The van der Waals surface area contributed by atoms with Gasteiger partial charge in [0.25, 0.3) is 0 Å². The van der Waals surface area contributed by atoms with E-state index < -0.39 is 0 Å². The van der Waals surface area contributed by atoms with Crippen molar-refractivity contribution in [3.63, 3.8) is 0 Å². The molecule has 0 aromatic heterocycles. The van der Waals surface area contributed by atoms with Crippen LogP contribution in [0.1, 0.15) is 40.0 Å². The van der Waals surface area contributed by atoms with E-state index in [2.05, 4.69) is 43.4 Å². The summed E-state index contributed by atoms with van der Waals surface area (Å²) in [6.45, 7) is 9.09. The molecular formula is C14H29N3O. The fourth-order valence-corrected chi connectivity index (χ4v) is 2.25. The molecule has 1 heterocycles. The Morgan fingerprint density at radius 2 is 2.22 bits per heavy atom. The predicted molar refractivity (Wildman–Crippen MR) is 75.6 cm³/mol. The van der Waals surface area contributed by atoms with E-state index >= 15 is 0 Å². The molecule has 1 aliphatic heterocycles. The summed E-state index contributed by atoms with van der Waals surface area (Å²) in [5, 5.41) is 6.42. The van der Waals surface area contributed by atoms with E-state index in [9.17, 15) is 4.79 Å². The van der Waals surface area contributed by atoms with Crippen LogP contribution in [0.3, 0.4) is 0 Å². The highest BCUT2D eigenvalue weighted by Crippen LogP contribution is 2.13. The second-order valence-electron chi connectivity index (χ2n) is 5.61. The van der Waals surface area contributed by atoms with Crippen LogP contribution in [0.2, 0.25) is 0 Å². The second-order valence-corrected chi connectivity index (χ2v) is 5.61. The molecule has 1 aliphatic rings. The summed E-state index contributed by atoms with van der Waals surface area (Å²) in [6, 6.07) is 1.14. The van der Waals surface area contributed by atoms with Crippen LogP contribution in [0.15, 0.2) is 0 Å². The maximum Gasteiger partial charge on any atom is 0.224 e. The van der Waals surface area contributed by atoms with Gasteiger partial charge in [0.1, 0.15) is 0 Å². The van der Waals surface area contributed by atoms with Gasteiger partial charge >= 0.3 is 0 Å². The molecule has 1 saturated heterocycles. The third-order valence-corrected chi connectivity index (χ3v) is 4.14. The number of nitrogens with zero attached hydrogens (tertiary/aromatic N) is 1. The predicted octanol–water partition coefficient (Wildman–Crippen LogP) is 1.22. The van der Waals surface area contributed by atoms with E-state index in [1.165, 1.54) is 0 Å². The first kappa shape index (κ1) is 15.4. The highest BCUT2D eigenvalue weighted by atomic mass is 16.1. The first-order valence-corrected chi connectivity index (χ1v) is 7.26. The number of carbonyl (C=O) groups is 1. The third-order valence-electron chi connectivity index (χ3n) is 4.14. The van der Waals surface area contributed by atoms with E-state index in [-0.39, 0.29) is 11.8 Å². The van der Waals surface area contributed by atoms with Gasteiger partial charge in [0.15, 0.2) is 0 Å². The van der Waals surface area contributed by atoms with Crippen molar-refractivity contribution in [2.45, 2.75) is 52.1 Å².